The van der Waals surface area contributed by atoms with Crippen molar-refractivity contribution in [1.29, 1.82) is 0 Å². The standard InChI is InChI=1S/C15H20Br2N2O3/c1-2-3-4-5-6-7-12(20)18-13(21)10-22-14-9-8-11(16)15(17)19-14/h8-9H,2-7,10H2,1H3,(H,18,20,21). The number of pyridine rings is 1. The first-order valence-electron chi connectivity index (χ1n) is 7.30. The van der Waals surface area contributed by atoms with Crippen molar-refractivity contribution in [1.82, 2.24) is 10.3 Å². The maximum absolute atomic E-state index is 11.6. The van der Waals surface area contributed by atoms with Gasteiger partial charge in [0.05, 0.1) is 4.47 Å². The Morgan fingerprint density at radius 2 is 1.86 bits per heavy atom. The fourth-order valence-corrected chi connectivity index (χ4v) is 2.29. The van der Waals surface area contributed by atoms with Crippen molar-refractivity contribution in [2.75, 3.05) is 6.61 Å². The number of amides is 2. The van der Waals surface area contributed by atoms with Crippen molar-refractivity contribution in [3.8, 4) is 5.88 Å². The molecular weight excluding hydrogens is 416 g/mol. The van der Waals surface area contributed by atoms with E-state index >= 15 is 0 Å². The lowest BCUT2D eigenvalue weighted by molar-refractivity contribution is -0.131. The average Bonchev–Trinajstić information content (AvgIpc) is 2.48. The van der Waals surface area contributed by atoms with Crippen molar-refractivity contribution in [2.45, 2.75) is 45.4 Å². The summed E-state index contributed by atoms with van der Waals surface area (Å²) in [5, 5.41) is 2.32. The van der Waals surface area contributed by atoms with E-state index in [0.717, 1.165) is 23.7 Å². The highest BCUT2D eigenvalue weighted by molar-refractivity contribution is 9.13. The maximum Gasteiger partial charge on any atom is 0.264 e. The number of carbonyl (C=O) groups is 2. The molecular formula is C15H20Br2N2O3. The highest BCUT2D eigenvalue weighted by Gasteiger charge is 2.09. The number of rotatable bonds is 9. The Bertz CT molecular complexity index is 510. The summed E-state index contributed by atoms with van der Waals surface area (Å²) in [6, 6.07) is 3.39. The highest BCUT2D eigenvalue weighted by atomic mass is 79.9. The summed E-state index contributed by atoms with van der Waals surface area (Å²) in [7, 11) is 0. The van der Waals surface area contributed by atoms with Crippen LogP contribution in [0.15, 0.2) is 21.2 Å². The monoisotopic (exact) mass is 434 g/mol. The van der Waals surface area contributed by atoms with Gasteiger partial charge in [-0.2, -0.15) is 0 Å². The van der Waals surface area contributed by atoms with Crippen LogP contribution in [0, 0.1) is 0 Å². The van der Waals surface area contributed by atoms with Gasteiger partial charge in [-0.25, -0.2) is 4.98 Å². The summed E-state index contributed by atoms with van der Waals surface area (Å²) >= 11 is 6.54. The van der Waals surface area contributed by atoms with E-state index in [2.05, 4.69) is 49.1 Å². The Hall–Kier alpha value is -0.950. The van der Waals surface area contributed by atoms with Gasteiger partial charge in [-0.05, 0) is 44.3 Å². The molecule has 22 heavy (non-hydrogen) atoms. The first-order valence-corrected chi connectivity index (χ1v) is 8.89. The molecule has 5 nitrogen and oxygen atoms in total. The Balaban J connectivity index is 2.22. The number of hydrogen-bond donors (Lipinski definition) is 1. The molecule has 0 fully saturated rings. The second kappa shape index (κ2) is 10.7. The van der Waals surface area contributed by atoms with E-state index in [-0.39, 0.29) is 12.5 Å². The molecule has 7 heteroatoms. The lowest BCUT2D eigenvalue weighted by Crippen LogP contribution is -2.34. The molecule has 1 aromatic heterocycles. The second-order valence-corrected chi connectivity index (χ2v) is 6.45. The molecule has 1 N–H and O–H groups in total. The number of aromatic nitrogens is 1. The molecule has 0 aliphatic rings. The zero-order valence-electron chi connectivity index (χ0n) is 12.5. The van der Waals surface area contributed by atoms with Crippen LogP contribution in [0.3, 0.4) is 0 Å². The highest BCUT2D eigenvalue weighted by Crippen LogP contribution is 2.23. The molecule has 0 aliphatic carbocycles. The molecule has 122 valence electrons. The van der Waals surface area contributed by atoms with Crippen molar-refractivity contribution in [2.24, 2.45) is 0 Å². The van der Waals surface area contributed by atoms with Crippen molar-refractivity contribution < 1.29 is 14.3 Å². The molecule has 0 aliphatic heterocycles. The Kier molecular flexibility index (Phi) is 9.31. The third-order valence-electron chi connectivity index (χ3n) is 2.92. The molecule has 0 aromatic carbocycles. The molecule has 1 aromatic rings. The van der Waals surface area contributed by atoms with Crippen LogP contribution in [-0.4, -0.2) is 23.4 Å². The normalized spacial score (nSPS) is 10.3. The van der Waals surface area contributed by atoms with Crippen LogP contribution in [0.1, 0.15) is 45.4 Å². The van der Waals surface area contributed by atoms with Gasteiger partial charge in [0.2, 0.25) is 11.8 Å². The van der Waals surface area contributed by atoms with Gasteiger partial charge in [0.1, 0.15) is 4.60 Å². The Morgan fingerprint density at radius 1 is 1.14 bits per heavy atom. The zero-order valence-corrected chi connectivity index (χ0v) is 15.7. The fourth-order valence-electron chi connectivity index (χ4n) is 1.76. The van der Waals surface area contributed by atoms with Gasteiger partial charge in [-0.15, -0.1) is 0 Å². The summed E-state index contributed by atoms with van der Waals surface area (Å²) in [6.07, 6.45) is 5.68. The van der Waals surface area contributed by atoms with Crippen LogP contribution in [0.25, 0.3) is 0 Å². The lowest BCUT2D eigenvalue weighted by atomic mass is 10.1. The van der Waals surface area contributed by atoms with Gasteiger partial charge in [-0.1, -0.05) is 32.6 Å². The molecule has 0 saturated carbocycles. The fraction of sp³-hybridized carbons (Fsp3) is 0.533. The molecule has 1 heterocycles. The molecule has 0 bridgehead atoms. The van der Waals surface area contributed by atoms with Crippen LogP contribution in [0.2, 0.25) is 0 Å². The summed E-state index contributed by atoms with van der Waals surface area (Å²) in [4.78, 5) is 27.3. The number of nitrogens with one attached hydrogen (secondary N) is 1. The van der Waals surface area contributed by atoms with E-state index in [1.165, 1.54) is 12.8 Å². The Morgan fingerprint density at radius 3 is 2.55 bits per heavy atom. The van der Waals surface area contributed by atoms with Gasteiger partial charge in [0.15, 0.2) is 6.61 Å². The largest absolute Gasteiger partial charge is 0.468 e. The molecule has 0 saturated heterocycles. The number of imide groups is 1. The molecule has 0 unspecified atom stereocenters. The van der Waals surface area contributed by atoms with Crippen molar-refractivity contribution in [3.63, 3.8) is 0 Å². The van der Waals surface area contributed by atoms with E-state index in [1.54, 1.807) is 12.1 Å². The predicted octanol–water partition coefficient (Wildman–Crippen LogP) is 3.99. The van der Waals surface area contributed by atoms with Gasteiger partial charge in [0.25, 0.3) is 5.91 Å². The minimum Gasteiger partial charge on any atom is -0.468 e. The minimum absolute atomic E-state index is 0.233. The van der Waals surface area contributed by atoms with Crippen LogP contribution in [-0.2, 0) is 9.59 Å². The second-order valence-electron chi connectivity index (χ2n) is 4.85. The van der Waals surface area contributed by atoms with Crippen molar-refractivity contribution in [3.05, 3.63) is 21.2 Å². The molecule has 0 atom stereocenters. The van der Waals surface area contributed by atoms with E-state index < -0.39 is 5.91 Å². The molecule has 1 rings (SSSR count). The first kappa shape index (κ1) is 19.1. The van der Waals surface area contributed by atoms with Gasteiger partial charge in [0, 0.05) is 12.5 Å². The molecule has 0 radical (unpaired) electrons. The summed E-state index contributed by atoms with van der Waals surface area (Å²) in [5.74, 6) is -0.397. The first-order chi connectivity index (χ1) is 10.5. The minimum atomic E-state index is -0.459. The number of unbranched alkanes of at least 4 members (excludes halogenated alkanes) is 4. The number of ether oxygens (including phenoxy) is 1. The number of hydrogen-bond acceptors (Lipinski definition) is 4. The van der Waals surface area contributed by atoms with Crippen LogP contribution in [0.5, 0.6) is 5.88 Å². The van der Waals surface area contributed by atoms with Crippen LogP contribution in [0.4, 0.5) is 0 Å². The topological polar surface area (TPSA) is 68.3 Å². The lowest BCUT2D eigenvalue weighted by Gasteiger charge is -2.07. The van der Waals surface area contributed by atoms with Crippen LogP contribution < -0.4 is 10.1 Å². The third-order valence-corrected chi connectivity index (χ3v) is 4.69. The van der Waals surface area contributed by atoms with E-state index in [0.29, 0.717) is 16.9 Å². The SMILES string of the molecule is CCCCCCCC(=O)NC(=O)COc1ccc(Br)c(Br)n1. The van der Waals surface area contributed by atoms with Gasteiger partial charge < -0.3 is 4.74 Å². The molecule has 0 spiro atoms. The van der Waals surface area contributed by atoms with Gasteiger partial charge in [-0.3, -0.25) is 14.9 Å². The van der Waals surface area contributed by atoms with Gasteiger partial charge >= 0.3 is 0 Å². The summed E-state index contributed by atoms with van der Waals surface area (Å²) < 4.78 is 6.62. The summed E-state index contributed by atoms with van der Waals surface area (Å²) in [5.41, 5.74) is 0. The van der Waals surface area contributed by atoms with Crippen LogP contribution >= 0.6 is 31.9 Å². The number of halogens is 2. The van der Waals surface area contributed by atoms with E-state index in [9.17, 15) is 9.59 Å². The average molecular weight is 436 g/mol. The van der Waals surface area contributed by atoms with E-state index in [1.807, 2.05) is 0 Å². The zero-order chi connectivity index (χ0) is 16.4. The van der Waals surface area contributed by atoms with Crippen molar-refractivity contribution >= 4 is 43.7 Å². The maximum atomic E-state index is 11.6. The number of carbonyl (C=O) groups excluding carboxylic acids is 2. The predicted molar refractivity (Wildman–Crippen MR) is 91.7 cm³/mol. The number of nitrogens with zero attached hydrogens (tertiary/aromatic N) is 1. The third kappa shape index (κ3) is 7.89. The molecule has 2 amide bonds. The smallest absolute Gasteiger partial charge is 0.264 e. The Labute approximate surface area is 147 Å². The van der Waals surface area contributed by atoms with E-state index in [4.69, 9.17) is 4.74 Å². The summed E-state index contributed by atoms with van der Waals surface area (Å²) in [6.45, 7) is 1.91. The quantitative estimate of drug-likeness (QED) is 0.470.